The Balaban J connectivity index is 2.14. The van der Waals surface area contributed by atoms with Crippen LogP contribution in [0.2, 0.25) is 0 Å². The van der Waals surface area contributed by atoms with Gasteiger partial charge in [-0.3, -0.25) is 4.79 Å². The lowest BCUT2D eigenvalue weighted by Crippen LogP contribution is -2.35. The number of aliphatic hydroxyl groups is 2. The molecule has 20 heavy (non-hydrogen) atoms. The second-order valence-electron chi connectivity index (χ2n) is 4.06. The van der Waals surface area contributed by atoms with E-state index in [0.717, 1.165) is 5.56 Å². The SMILES string of the molecule is O=C(c1ccc(-c2nnco2)cc1)N(CCO)CCO. The molecule has 7 nitrogen and oxygen atoms in total. The highest BCUT2D eigenvalue weighted by molar-refractivity contribution is 5.94. The normalized spacial score (nSPS) is 10.5. The highest BCUT2D eigenvalue weighted by atomic mass is 16.4. The van der Waals surface area contributed by atoms with E-state index in [-0.39, 0.29) is 32.2 Å². The molecule has 1 amide bonds. The standard InChI is InChI=1S/C13H15N3O4/c17-7-5-16(6-8-18)13(19)11-3-1-10(2-4-11)12-15-14-9-20-12/h1-4,9,17-18H,5-8H2. The molecule has 0 saturated carbocycles. The fraction of sp³-hybridized carbons (Fsp3) is 0.308. The molecule has 0 aliphatic carbocycles. The Morgan fingerprint density at radius 1 is 1.15 bits per heavy atom. The van der Waals surface area contributed by atoms with Crippen LogP contribution in [0.15, 0.2) is 35.1 Å². The summed E-state index contributed by atoms with van der Waals surface area (Å²) in [4.78, 5) is 13.6. The van der Waals surface area contributed by atoms with Gasteiger partial charge < -0.3 is 19.5 Å². The Labute approximate surface area is 115 Å². The van der Waals surface area contributed by atoms with Crippen molar-refractivity contribution in [2.45, 2.75) is 0 Å². The summed E-state index contributed by atoms with van der Waals surface area (Å²) in [5.41, 5.74) is 1.19. The highest BCUT2D eigenvalue weighted by Crippen LogP contribution is 2.17. The molecule has 0 spiro atoms. The number of benzene rings is 1. The Kier molecular flexibility index (Phi) is 4.80. The molecule has 0 aliphatic rings. The molecule has 0 fully saturated rings. The van der Waals surface area contributed by atoms with Gasteiger partial charge in [0.15, 0.2) is 0 Å². The second kappa shape index (κ2) is 6.78. The molecule has 1 aromatic heterocycles. The smallest absolute Gasteiger partial charge is 0.254 e. The third kappa shape index (κ3) is 3.19. The van der Waals surface area contributed by atoms with E-state index in [0.29, 0.717) is 11.5 Å². The van der Waals surface area contributed by atoms with Gasteiger partial charge in [-0.1, -0.05) is 0 Å². The van der Waals surface area contributed by atoms with E-state index >= 15 is 0 Å². The zero-order valence-corrected chi connectivity index (χ0v) is 10.8. The molecule has 0 unspecified atom stereocenters. The first kappa shape index (κ1) is 14.2. The van der Waals surface area contributed by atoms with Gasteiger partial charge in [-0.2, -0.15) is 0 Å². The number of carbonyl (C=O) groups excluding carboxylic acids is 1. The molecular weight excluding hydrogens is 262 g/mol. The van der Waals surface area contributed by atoms with Crippen molar-refractivity contribution >= 4 is 5.91 Å². The average molecular weight is 277 g/mol. The third-order valence-electron chi connectivity index (χ3n) is 2.77. The van der Waals surface area contributed by atoms with Gasteiger partial charge in [0.2, 0.25) is 12.3 Å². The van der Waals surface area contributed by atoms with E-state index in [1.54, 1.807) is 24.3 Å². The minimum atomic E-state index is -0.245. The topological polar surface area (TPSA) is 99.7 Å². The molecule has 0 radical (unpaired) electrons. The summed E-state index contributed by atoms with van der Waals surface area (Å²) in [5, 5.41) is 25.2. The number of hydrogen-bond donors (Lipinski definition) is 2. The van der Waals surface area contributed by atoms with Crippen molar-refractivity contribution in [2.75, 3.05) is 26.3 Å². The highest BCUT2D eigenvalue weighted by Gasteiger charge is 2.15. The Morgan fingerprint density at radius 3 is 2.30 bits per heavy atom. The lowest BCUT2D eigenvalue weighted by Gasteiger charge is -2.20. The minimum absolute atomic E-state index is 0.147. The van der Waals surface area contributed by atoms with Gasteiger partial charge in [-0.05, 0) is 24.3 Å². The molecule has 0 bridgehead atoms. The second-order valence-corrected chi connectivity index (χ2v) is 4.06. The van der Waals surface area contributed by atoms with Crippen LogP contribution in [0.5, 0.6) is 0 Å². The molecule has 1 aromatic carbocycles. The molecule has 106 valence electrons. The van der Waals surface area contributed by atoms with Crippen LogP contribution in [-0.4, -0.2) is 57.5 Å². The first-order valence-electron chi connectivity index (χ1n) is 6.14. The zero-order chi connectivity index (χ0) is 14.4. The van der Waals surface area contributed by atoms with Crippen molar-refractivity contribution in [3.05, 3.63) is 36.2 Å². The summed E-state index contributed by atoms with van der Waals surface area (Å²) < 4.78 is 5.06. The molecule has 0 aliphatic heterocycles. The summed E-state index contributed by atoms with van der Waals surface area (Å²) in [6, 6.07) is 6.70. The lowest BCUT2D eigenvalue weighted by molar-refractivity contribution is 0.0685. The molecule has 0 atom stereocenters. The van der Waals surface area contributed by atoms with E-state index in [2.05, 4.69) is 10.2 Å². The molecule has 7 heteroatoms. The predicted octanol–water partition coefficient (Wildman–Crippen LogP) is 0.163. The number of aliphatic hydroxyl groups excluding tert-OH is 2. The molecule has 2 rings (SSSR count). The summed E-state index contributed by atoms with van der Waals surface area (Å²) in [6.07, 6.45) is 1.23. The third-order valence-corrected chi connectivity index (χ3v) is 2.77. The average Bonchev–Trinajstić information content (AvgIpc) is 3.01. The predicted molar refractivity (Wildman–Crippen MR) is 69.8 cm³/mol. The van der Waals surface area contributed by atoms with Crippen LogP contribution in [0.3, 0.4) is 0 Å². The van der Waals surface area contributed by atoms with Crippen molar-refractivity contribution in [2.24, 2.45) is 0 Å². The van der Waals surface area contributed by atoms with E-state index < -0.39 is 0 Å². The monoisotopic (exact) mass is 277 g/mol. The summed E-state index contributed by atoms with van der Waals surface area (Å²) in [5.74, 6) is 0.136. The molecular formula is C13H15N3O4. The van der Waals surface area contributed by atoms with E-state index in [4.69, 9.17) is 14.6 Å². The maximum atomic E-state index is 12.2. The van der Waals surface area contributed by atoms with Crippen molar-refractivity contribution in [1.29, 1.82) is 0 Å². The molecule has 2 N–H and O–H groups in total. The Hall–Kier alpha value is -2.25. The largest absolute Gasteiger partial charge is 0.423 e. The Morgan fingerprint density at radius 2 is 1.80 bits per heavy atom. The maximum Gasteiger partial charge on any atom is 0.254 e. The quantitative estimate of drug-likeness (QED) is 0.780. The minimum Gasteiger partial charge on any atom is -0.423 e. The summed E-state index contributed by atoms with van der Waals surface area (Å²) in [6.45, 7) is 0.0766. The van der Waals surface area contributed by atoms with Crippen molar-refractivity contribution < 1.29 is 19.4 Å². The molecule has 0 saturated heterocycles. The fourth-order valence-electron chi connectivity index (χ4n) is 1.79. The van der Waals surface area contributed by atoms with Crippen LogP contribution < -0.4 is 0 Å². The van der Waals surface area contributed by atoms with E-state index in [9.17, 15) is 4.79 Å². The number of rotatable bonds is 6. The Bertz CT molecular complexity index is 533. The summed E-state index contributed by atoms with van der Waals surface area (Å²) in [7, 11) is 0. The van der Waals surface area contributed by atoms with Crippen molar-refractivity contribution in [1.82, 2.24) is 15.1 Å². The van der Waals surface area contributed by atoms with Gasteiger partial charge >= 0.3 is 0 Å². The van der Waals surface area contributed by atoms with E-state index in [1.807, 2.05) is 0 Å². The van der Waals surface area contributed by atoms with Gasteiger partial charge in [0, 0.05) is 24.2 Å². The van der Waals surface area contributed by atoms with Gasteiger partial charge in [-0.25, -0.2) is 0 Å². The van der Waals surface area contributed by atoms with Gasteiger partial charge in [0.1, 0.15) is 0 Å². The first-order valence-corrected chi connectivity index (χ1v) is 6.14. The van der Waals surface area contributed by atoms with Crippen LogP contribution in [0.1, 0.15) is 10.4 Å². The summed E-state index contributed by atoms with van der Waals surface area (Å²) >= 11 is 0. The molecule has 2 aromatic rings. The first-order chi connectivity index (χ1) is 9.76. The van der Waals surface area contributed by atoms with E-state index in [1.165, 1.54) is 11.3 Å². The lowest BCUT2D eigenvalue weighted by atomic mass is 10.1. The molecule has 1 heterocycles. The zero-order valence-electron chi connectivity index (χ0n) is 10.8. The van der Waals surface area contributed by atoms with Crippen LogP contribution in [0.25, 0.3) is 11.5 Å². The number of nitrogens with zero attached hydrogens (tertiary/aromatic N) is 3. The number of amides is 1. The van der Waals surface area contributed by atoms with Gasteiger partial charge in [0.25, 0.3) is 5.91 Å². The number of carbonyl (C=O) groups is 1. The fourth-order valence-corrected chi connectivity index (χ4v) is 1.79. The van der Waals surface area contributed by atoms with Crippen molar-refractivity contribution in [3.8, 4) is 11.5 Å². The van der Waals surface area contributed by atoms with Crippen LogP contribution in [-0.2, 0) is 0 Å². The van der Waals surface area contributed by atoms with Crippen LogP contribution in [0, 0.1) is 0 Å². The number of aromatic nitrogens is 2. The van der Waals surface area contributed by atoms with Gasteiger partial charge in [0.05, 0.1) is 13.2 Å². The van der Waals surface area contributed by atoms with Gasteiger partial charge in [-0.15, -0.1) is 10.2 Å². The number of hydrogen-bond acceptors (Lipinski definition) is 6. The van der Waals surface area contributed by atoms with Crippen LogP contribution >= 0.6 is 0 Å². The van der Waals surface area contributed by atoms with Crippen molar-refractivity contribution in [3.63, 3.8) is 0 Å². The van der Waals surface area contributed by atoms with Crippen LogP contribution in [0.4, 0.5) is 0 Å². The maximum absolute atomic E-state index is 12.2.